The topological polar surface area (TPSA) is 64.6 Å². The SMILES string of the molecule is CC(C)(C)OC(=O)N1CCC2(CC1)c1ccccc1C[C@H]2N[S+]([O-])C(C)(C)C. The molecule has 0 aromatic heterocycles. The quantitative estimate of drug-likeness (QED) is 0.756. The second kappa shape index (κ2) is 7.54. The zero-order valence-corrected chi connectivity index (χ0v) is 18.8. The van der Waals surface area contributed by atoms with Gasteiger partial charge in [-0.15, -0.1) is 4.72 Å². The normalized spacial score (nSPS) is 22.8. The number of fused-ring (bicyclic) bond motifs is 2. The molecule has 0 radical (unpaired) electrons. The van der Waals surface area contributed by atoms with E-state index in [-0.39, 0.29) is 22.3 Å². The van der Waals surface area contributed by atoms with Crippen molar-refractivity contribution in [3.63, 3.8) is 0 Å². The van der Waals surface area contributed by atoms with Gasteiger partial charge in [0, 0.05) is 29.9 Å². The van der Waals surface area contributed by atoms with E-state index in [4.69, 9.17) is 4.74 Å². The average Bonchev–Trinajstić information content (AvgIpc) is 2.87. The fourth-order valence-electron chi connectivity index (χ4n) is 4.28. The highest BCUT2D eigenvalue weighted by Crippen LogP contribution is 2.47. The minimum atomic E-state index is -1.13. The van der Waals surface area contributed by atoms with Crippen LogP contribution in [0.25, 0.3) is 0 Å². The Labute approximate surface area is 172 Å². The fourth-order valence-corrected chi connectivity index (χ4v) is 5.20. The first-order chi connectivity index (χ1) is 12.9. The highest BCUT2D eigenvalue weighted by molar-refractivity contribution is 7.90. The molecule has 0 saturated carbocycles. The fraction of sp³-hybridized carbons (Fsp3) is 0.682. The van der Waals surface area contributed by atoms with Crippen LogP contribution in [0, 0.1) is 0 Å². The van der Waals surface area contributed by atoms with E-state index in [1.807, 2.05) is 46.4 Å². The van der Waals surface area contributed by atoms with E-state index in [2.05, 4.69) is 29.0 Å². The van der Waals surface area contributed by atoms with Gasteiger partial charge in [0.1, 0.15) is 10.3 Å². The second-order valence-electron chi connectivity index (χ2n) is 10.0. The van der Waals surface area contributed by atoms with E-state index in [9.17, 15) is 9.35 Å². The second-order valence-corrected chi connectivity index (χ2v) is 12.0. The maximum absolute atomic E-state index is 12.8. The van der Waals surface area contributed by atoms with Crippen LogP contribution in [-0.2, 0) is 27.9 Å². The molecule has 1 saturated heterocycles. The van der Waals surface area contributed by atoms with E-state index in [1.165, 1.54) is 11.1 Å². The lowest BCUT2D eigenvalue weighted by atomic mass is 9.71. The van der Waals surface area contributed by atoms with Gasteiger partial charge in [-0.1, -0.05) is 24.3 Å². The first-order valence-electron chi connectivity index (χ1n) is 10.2. The number of likely N-dealkylation sites (tertiary alicyclic amines) is 1. The molecule has 5 nitrogen and oxygen atoms in total. The van der Waals surface area contributed by atoms with Gasteiger partial charge in [0.25, 0.3) is 0 Å². The molecule has 1 aliphatic heterocycles. The van der Waals surface area contributed by atoms with Gasteiger partial charge in [-0.05, 0) is 71.9 Å². The van der Waals surface area contributed by atoms with E-state index in [0.29, 0.717) is 13.1 Å². The first-order valence-corrected chi connectivity index (χ1v) is 11.3. The van der Waals surface area contributed by atoms with Crippen LogP contribution in [0.3, 0.4) is 0 Å². The molecule has 3 rings (SSSR count). The van der Waals surface area contributed by atoms with E-state index < -0.39 is 17.0 Å². The maximum Gasteiger partial charge on any atom is 0.410 e. The number of piperidine rings is 1. The average molecular weight is 407 g/mol. The van der Waals surface area contributed by atoms with Crippen molar-refractivity contribution >= 4 is 17.5 Å². The molecule has 6 heteroatoms. The van der Waals surface area contributed by atoms with Crippen LogP contribution >= 0.6 is 0 Å². The Hall–Kier alpha value is -1.24. The Morgan fingerprint density at radius 1 is 1.18 bits per heavy atom. The third-order valence-corrected chi connectivity index (χ3v) is 7.37. The lowest BCUT2D eigenvalue weighted by molar-refractivity contribution is 0.0152. The Balaban J connectivity index is 1.80. The summed E-state index contributed by atoms with van der Waals surface area (Å²) in [5.74, 6) is 0. The molecule has 28 heavy (non-hydrogen) atoms. The summed E-state index contributed by atoms with van der Waals surface area (Å²) in [6.45, 7) is 13.0. The van der Waals surface area contributed by atoms with Crippen molar-refractivity contribution in [2.45, 2.75) is 82.6 Å². The van der Waals surface area contributed by atoms with E-state index in [0.717, 1.165) is 19.3 Å². The van der Waals surface area contributed by atoms with Crippen LogP contribution in [0.4, 0.5) is 4.79 Å². The lowest BCUT2D eigenvalue weighted by Crippen LogP contribution is -2.56. The van der Waals surface area contributed by atoms with Crippen LogP contribution in [-0.4, -0.2) is 45.0 Å². The highest BCUT2D eigenvalue weighted by Gasteiger charge is 2.51. The first kappa shape index (κ1) is 21.5. The lowest BCUT2D eigenvalue weighted by Gasteiger charge is -2.44. The molecule has 2 aliphatic rings. The third kappa shape index (κ3) is 4.34. The molecule has 1 amide bonds. The number of ether oxygens (including phenoxy) is 1. The number of carbonyl (C=O) groups excluding carboxylic acids is 1. The summed E-state index contributed by atoms with van der Waals surface area (Å²) < 4.78 is 21.5. The number of benzene rings is 1. The van der Waals surface area contributed by atoms with Gasteiger partial charge in [0.2, 0.25) is 0 Å². The van der Waals surface area contributed by atoms with Gasteiger partial charge in [-0.2, -0.15) is 0 Å². The summed E-state index contributed by atoms with van der Waals surface area (Å²) in [4.78, 5) is 14.3. The molecular weight excluding hydrogens is 372 g/mol. The Bertz CT molecular complexity index is 715. The summed E-state index contributed by atoms with van der Waals surface area (Å²) in [6.07, 6.45) is 2.34. The van der Waals surface area contributed by atoms with Crippen molar-refractivity contribution in [1.82, 2.24) is 9.62 Å². The smallest absolute Gasteiger partial charge is 0.410 e. The Morgan fingerprint density at radius 3 is 2.36 bits per heavy atom. The number of nitrogens with one attached hydrogen (secondary N) is 1. The van der Waals surface area contributed by atoms with Gasteiger partial charge in [0.05, 0.1) is 6.04 Å². The summed E-state index contributed by atoms with van der Waals surface area (Å²) in [6, 6.07) is 8.67. The molecule has 1 heterocycles. The molecular formula is C22H34N2O3S. The monoisotopic (exact) mass is 406 g/mol. The van der Waals surface area contributed by atoms with Crippen LogP contribution in [0.1, 0.15) is 65.5 Å². The molecule has 0 bridgehead atoms. The van der Waals surface area contributed by atoms with Crippen LogP contribution in [0.2, 0.25) is 0 Å². The zero-order valence-electron chi connectivity index (χ0n) is 18.0. The minimum Gasteiger partial charge on any atom is -0.598 e. The molecule has 156 valence electrons. The number of rotatable bonds is 2. The van der Waals surface area contributed by atoms with Gasteiger partial charge >= 0.3 is 6.09 Å². The number of hydrogen-bond acceptors (Lipinski definition) is 4. The van der Waals surface area contributed by atoms with Gasteiger partial charge in [0.15, 0.2) is 0 Å². The highest BCUT2D eigenvalue weighted by atomic mass is 32.2. The zero-order chi connectivity index (χ0) is 20.7. The molecule has 1 N–H and O–H groups in total. The molecule has 1 aromatic carbocycles. The molecule has 1 aromatic rings. The predicted molar refractivity (Wildman–Crippen MR) is 114 cm³/mol. The van der Waals surface area contributed by atoms with Gasteiger partial charge in [-0.25, -0.2) is 4.79 Å². The maximum atomic E-state index is 12.8. The molecule has 1 fully saturated rings. The number of nitrogens with zero attached hydrogens (tertiary/aromatic N) is 1. The van der Waals surface area contributed by atoms with E-state index >= 15 is 0 Å². The summed E-state index contributed by atoms with van der Waals surface area (Å²) >= 11 is -1.13. The Kier molecular flexibility index (Phi) is 5.78. The molecule has 1 unspecified atom stereocenters. The number of carbonyl (C=O) groups is 1. The van der Waals surface area contributed by atoms with Crippen molar-refractivity contribution < 1.29 is 14.1 Å². The summed E-state index contributed by atoms with van der Waals surface area (Å²) in [5, 5.41) is 0. The van der Waals surface area contributed by atoms with Gasteiger partial charge < -0.3 is 14.2 Å². The van der Waals surface area contributed by atoms with Crippen LogP contribution in [0.15, 0.2) is 24.3 Å². The standard InChI is InChI=1S/C22H34N2O3S/c1-20(2,3)27-19(25)24-13-11-22(12-14-24)17-10-8-7-9-16(17)15-18(22)23-28(26)21(4,5)6/h7-10,18,23H,11-15H2,1-6H3/t18-,28?/m1/s1. The minimum absolute atomic E-state index is 0.0873. The van der Waals surface area contributed by atoms with Crippen molar-refractivity contribution in [2.75, 3.05) is 13.1 Å². The third-order valence-electron chi connectivity index (χ3n) is 5.76. The summed E-state index contributed by atoms with van der Waals surface area (Å²) in [5.41, 5.74) is 2.11. The Morgan fingerprint density at radius 2 is 1.79 bits per heavy atom. The summed E-state index contributed by atoms with van der Waals surface area (Å²) in [7, 11) is 0. The van der Waals surface area contributed by atoms with Crippen molar-refractivity contribution in [1.29, 1.82) is 0 Å². The molecule has 1 aliphatic carbocycles. The van der Waals surface area contributed by atoms with Crippen LogP contribution in [0.5, 0.6) is 0 Å². The molecule has 1 spiro atoms. The predicted octanol–water partition coefficient (Wildman–Crippen LogP) is 3.93. The van der Waals surface area contributed by atoms with Crippen molar-refractivity contribution in [2.24, 2.45) is 0 Å². The van der Waals surface area contributed by atoms with Crippen molar-refractivity contribution in [3.05, 3.63) is 35.4 Å². The largest absolute Gasteiger partial charge is 0.598 e. The number of amides is 1. The molecule has 2 atom stereocenters. The van der Waals surface area contributed by atoms with Gasteiger partial charge in [-0.3, -0.25) is 0 Å². The van der Waals surface area contributed by atoms with Crippen molar-refractivity contribution in [3.8, 4) is 0 Å². The van der Waals surface area contributed by atoms with E-state index in [1.54, 1.807) is 0 Å². The number of hydrogen-bond donors (Lipinski definition) is 1. The van der Waals surface area contributed by atoms with Crippen LogP contribution < -0.4 is 4.72 Å².